The molecule has 1 fully saturated rings. The summed E-state index contributed by atoms with van der Waals surface area (Å²) in [5.74, 6) is -1.16. The summed E-state index contributed by atoms with van der Waals surface area (Å²) in [6.45, 7) is 1.74. The third-order valence-electron chi connectivity index (χ3n) is 3.55. The maximum atomic E-state index is 11.8. The third kappa shape index (κ3) is 2.65. The topological polar surface area (TPSA) is 110 Å². The number of hydrogen-bond acceptors (Lipinski definition) is 4. The SMILES string of the molecule is CCOP(=O)(O)c1ccc(C(N)(C(=O)O)C2CC2)cc1. The average molecular weight is 299 g/mol. The third-order valence-corrected chi connectivity index (χ3v) is 5.11. The van der Waals surface area contributed by atoms with Crippen molar-refractivity contribution in [3.8, 4) is 0 Å². The van der Waals surface area contributed by atoms with Crippen LogP contribution in [0.3, 0.4) is 0 Å². The van der Waals surface area contributed by atoms with E-state index in [4.69, 9.17) is 10.3 Å². The molecule has 110 valence electrons. The molecule has 0 bridgehead atoms. The van der Waals surface area contributed by atoms with Crippen LogP contribution in [0.5, 0.6) is 0 Å². The van der Waals surface area contributed by atoms with E-state index in [0.717, 1.165) is 12.8 Å². The van der Waals surface area contributed by atoms with Gasteiger partial charge in [-0.1, -0.05) is 12.1 Å². The van der Waals surface area contributed by atoms with E-state index in [1.165, 1.54) is 24.3 Å². The summed E-state index contributed by atoms with van der Waals surface area (Å²) in [5, 5.41) is 9.49. The summed E-state index contributed by atoms with van der Waals surface area (Å²) in [5.41, 5.74) is 5.03. The van der Waals surface area contributed by atoms with Gasteiger partial charge in [-0.3, -0.25) is 4.57 Å². The van der Waals surface area contributed by atoms with Gasteiger partial charge in [-0.2, -0.15) is 0 Å². The van der Waals surface area contributed by atoms with Crippen molar-refractivity contribution in [1.82, 2.24) is 0 Å². The fourth-order valence-corrected chi connectivity index (χ4v) is 3.27. The van der Waals surface area contributed by atoms with Crippen molar-refractivity contribution >= 4 is 18.9 Å². The van der Waals surface area contributed by atoms with Crippen molar-refractivity contribution < 1.29 is 23.9 Å². The Morgan fingerprint density at radius 2 is 2.00 bits per heavy atom. The standard InChI is InChI=1S/C13H18NO5P/c1-2-19-20(17,18)11-7-5-10(6-8-11)13(14,12(15)16)9-3-4-9/h5-9H,2-4,14H2,1H3,(H,15,16)(H,17,18). The molecule has 1 aromatic rings. The van der Waals surface area contributed by atoms with Crippen LogP contribution in [0.4, 0.5) is 0 Å². The molecule has 2 rings (SSSR count). The van der Waals surface area contributed by atoms with Crippen LogP contribution >= 0.6 is 7.60 Å². The Bertz CT molecular complexity index is 554. The molecule has 0 spiro atoms. The smallest absolute Gasteiger partial charge is 0.358 e. The molecule has 1 aliphatic carbocycles. The zero-order chi connectivity index (χ0) is 15.0. The van der Waals surface area contributed by atoms with Crippen LogP contribution in [-0.4, -0.2) is 22.6 Å². The van der Waals surface area contributed by atoms with Crippen LogP contribution in [0.25, 0.3) is 0 Å². The molecule has 2 unspecified atom stereocenters. The lowest BCUT2D eigenvalue weighted by Gasteiger charge is -2.25. The quantitative estimate of drug-likeness (QED) is 0.680. The van der Waals surface area contributed by atoms with Gasteiger partial charge >= 0.3 is 13.6 Å². The van der Waals surface area contributed by atoms with Crippen molar-refractivity contribution in [1.29, 1.82) is 0 Å². The van der Waals surface area contributed by atoms with Crippen LogP contribution in [0.2, 0.25) is 0 Å². The predicted octanol–water partition coefficient (Wildman–Crippen LogP) is 1.18. The molecule has 1 aliphatic rings. The van der Waals surface area contributed by atoms with Gasteiger partial charge in [0.1, 0.15) is 5.54 Å². The second kappa shape index (κ2) is 5.30. The summed E-state index contributed by atoms with van der Waals surface area (Å²) < 4.78 is 16.7. The molecular weight excluding hydrogens is 281 g/mol. The maximum absolute atomic E-state index is 11.8. The van der Waals surface area contributed by atoms with Crippen LogP contribution in [0.1, 0.15) is 25.3 Å². The van der Waals surface area contributed by atoms with E-state index in [1.54, 1.807) is 6.92 Å². The van der Waals surface area contributed by atoms with Crippen LogP contribution in [0, 0.1) is 5.92 Å². The Kier molecular flexibility index (Phi) is 4.02. The van der Waals surface area contributed by atoms with Gasteiger partial charge in [-0.15, -0.1) is 0 Å². The highest BCUT2D eigenvalue weighted by Gasteiger charge is 2.49. The lowest BCUT2D eigenvalue weighted by atomic mass is 9.86. The molecule has 0 amide bonds. The van der Waals surface area contributed by atoms with Gasteiger partial charge in [0, 0.05) is 0 Å². The first-order valence-electron chi connectivity index (χ1n) is 6.43. The molecule has 0 aromatic heterocycles. The Morgan fingerprint density at radius 1 is 1.45 bits per heavy atom. The van der Waals surface area contributed by atoms with E-state index in [9.17, 15) is 19.4 Å². The van der Waals surface area contributed by atoms with Crippen LogP contribution in [-0.2, 0) is 19.4 Å². The summed E-state index contributed by atoms with van der Waals surface area (Å²) in [6, 6.07) is 5.78. The van der Waals surface area contributed by atoms with E-state index in [0.29, 0.717) is 5.56 Å². The Hall–Kier alpha value is -1.20. The van der Waals surface area contributed by atoms with E-state index in [1.807, 2.05) is 0 Å². The number of rotatable bonds is 6. The molecule has 0 radical (unpaired) electrons. The molecule has 0 aliphatic heterocycles. The summed E-state index contributed by atoms with van der Waals surface area (Å²) in [7, 11) is -3.84. The van der Waals surface area contributed by atoms with Crippen molar-refractivity contribution in [3.05, 3.63) is 29.8 Å². The number of carbonyl (C=O) groups is 1. The molecule has 0 saturated heterocycles. The number of carboxylic acid groups (broad SMARTS) is 1. The highest BCUT2D eigenvalue weighted by molar-refractivity contribution is 7.61. The van der Waals surface area contributed by atoms with Gasteiger partial charge in [-0.25, -0.2) is 4.79 Å². The largest absolute Gasteiger partial charge is 0.480 e. The van der Waals surface area contributed by atoms with Gasteiger partial charge < -0.3 is 20.3 Å². The Labute approximate surface area is 117 Å². The van der Waals surface area contributed by atoms with Gasteiger partial charge in [0.2, 0.25) is 0 Å². The zero-order valence-corrected chi connectivity index (χ0v) is 12.0. The molecule has 2 atom stereocenters. The Balaban J connectivity index is 2.32. The molecule has 0 heterocycles. The molecular formula is C13H18NO5P. The number of nitrogens with two attached hydrogens (primary N) is 1. The lowest BCUT2D eigenvalue weighted by Crippen LogP contribution is -2.47. The van der Waals surface area contributed by atoms with E-state index < -0.39 is 19.1 Å². The second-order valence-electron chi connectivity index (χ2n) is 4.93. The molecule has 1 aromatic carbocycles. The first kappa shape index (κ1) is 15.2. The number of hydrogen-bond donors (Lipinski definition) is 3. The first-order chi connectivity index (χ1) is 9.32. The van der Waals surface area contributed by atoms with Crippen LogP contribution < -0.4 is 11.0 Å². The Morgan fingerprint density at radius 3 is 2.40 bits per heavy atom. The second-order valence-corrected chi connectivity index (χ2v) is 6.75. The first-order valence-corrected chi connectivity index (χ1v) is 8.00. The van der Waals surface area contributed by atoms with E-state index >= 15 is 0 Å². The minimum atomic E-state index is -3.84. The molecule has 1 saturated carbocycles. The van der Waals surface area contributed by atoms with Gasteiger partial charge in [0.15, 0.2) is 0 Å². The monoisotopic (exact) mass is 299 g/mol. The highest BCUT2D eigenvalue weighted by Crippen LogP contribution is 2.45. The maximum Gasteiger partial charge on any atom is 0.358 e. The lowest BCUT2D eigenvalue weighted by molar-refractivity contribution is -0.144. The van der Waals surface area contributed by atoms with Crippen molar-refractivity contribution in [2.24, 2.45) is 11.7 Å². The van der Waals surface area contributed by atoms with Crippen molar-refractivity contribution in [2.45, 2.75) is 25.3 Å². The number of benzene rings is 1. The molecule has 20 heavy (non-hydrogen) atoms. The predicted molar refractivity (Wildman–Crippen MR) is 73.8 cm³/mol. The summed E-state index contributed by atoms with van der Waals surface area (Å²) in [6.07, 6.45) is 1.56. The van der Waals surface area contributed by atoms with Crippen molar-refractivity contribution in [2.75, 3.05) is 6.61 Å². The zero-order valence-electron chi connectivity index (χ0n) is 11.2. The molecule has 6 nitrogen and oxygen atoms in total. The minimum absolute atomic E-state index is 0.0846. The highest BCUT2D eigenvalue weighted by atomic mass is 31.2. The van der Waals surface area contributed by atoms with E-state index in [-0.39, 0.29) is 17.8 Å². The van der Waals surface area contributed by atoms with Gasteiger partial charge in [0.25, 0.3) is 0 Å². The van der Waals surface area contributed by atoms with Crippen molar-refractivity contribution in [3.63, 3.8) is 0 Å². The minimum Gasteiger partial charge on any atom is -0.480 e. The average Bonchev–Trinajstić information content (AvgIpc) is 3.22. The van der Waals surface area contributed by atoms with Crippen LogP contribution in [0.15, 0.2) is 24.3 Å². The molecule has 7 heteroatoms. The van der Waals surface area contributed by atoms with Gasteiger partial charge in [-0.05, 0) is 43.4 Å². The van der Waals surface area contributed by atoms with Gasteiger partial charge in [0.05, 0.1) is 11.9 Å². The number of aliphatic carboxylic acids is 1. The summed E-state index contributed by atoms with van der Waals surface area (Å²) in [4.78, 5) is 21.1. The molecule has 4 N–H and O–H groups in total. The van der Waals surface area contributed by atoms with E-state index in [2.05, 4.69) is 0 Å². The fourth-order valence-electron chi connectivity index (χ4n) is 2.25. The normalized spacial score (nSPS) is 20.9. The fraction of sp³-hybridized carbons (Fsp3) is 0.462. The summed E-state index contributed by atoms with van der Waals surface area (Å²) >= 11 is 0. The number of carboxylic acids is 1.